The summed E-state index contributed by atoms with van der Waals surface area (Å²) in [4.78, 5) is 11.6. The van der Waals surface area contributed by atoms with E-state index < -0.39 is 0 Å². The first-order valence-corrected chi connectivity index (χ1v) is 9.53. The number of esters is 1. The Morgan fingerprint density at radius 1 is 1.32 bits per heavy atom. The van der Waals surface area contributed by atoms with Gasteiger partial charge in [0.15, 0.2) is 0 Å². The Bertz CT molecular complexity index is 724. The van der Waals surface area contributed by atoms with Crippen molar-refractivity contribution in [1.29, 1.82) is 0 Å². The van der Waals surface area contributed by atoms with Gasteiger partial charge in [0.2, 0.25) is 0 Å². The van der Waals surface area contributed by atoms with E-state index in [9.17, 15) is 9.90 Å². The van der Waals surface area contributed by atoms with Crippen molar-refractivity contribution in [2.24, 2.45) is 16.7 Å². The van der Waals surface area contributed by atoms with Gasteiger partial charge in [-0.1, -0.05) is 19.1 Å². The van der Waals surface area contributed by atoms with Gasteiger partial charge in [0.05, 0.1) is 0 Å². The summed E-state index contributed by atoms with van der Waals surface area (Å²) < 4.78 is 5.73. The highest BCUT2D eigenvalue weighted by molar-refractivity contribution is 5.66. The zero-order valence-electron chi connectivity index (χ0n) is 15.3. The maximum atomic E-state index is 11.6. The van der Waals surface area contributed by atoms with Crippen LogP contribution in [0.15, 0.2) is 30.9 Å². The zero-order chi connectivity index (χ0) is 17.8. The molecule has 0 aliphatic heterocycles. The van der Waals surface area contributed by atoms with Gasteiger partial charge in [0.25, 0.3) is 0 Å². The van der Waals surface area contributed by atoms with Gasteiger partial charge in [-0.2, -0.15) is 0 Å². The van der Waals surface area contributed by atoms with Crippen molar-refractivity contribution in [2.45, 2.75) is 64.4 Å². The van der Waals surface area contributed by atoms with Crippen LogP contribution < -0.4 is 0 Å². The highest BCUT2D eigenvalue weighted by Crippen LogP contribution is 2.67. The van der Waals surface area contributed by atoms with Crippen molar-refractivity contribution in [2.75, 3.05) is 0 Å². The fourth-order valence-electron chi connectivity index (χ4n) is 6.46. The van der Waals surface area contributed by atoms with E-state index in [1.807, 2.05) is 12.1 Å². The van der Waals surface area contributed by atoms with E-state index in [1.54, 1.807) is 0 Å². The first kappa shape index (κ1) is 16.7. The lowest BCUT2D eigenvalue weighted by Gasteiger charge is -2.57. The third-order valence-corrected chi connectivity index (χ3v) is 7.54. The van der Waals surface area contributed by atoms with E-state index in [0.29, 0.717) is 17.6 Å². The monoisotopic (exact) mass is 340 g/mol. The second-order valence-corrected chi connectivity index (χ2v) is 8.52. The van der Waals surface area contributed by atoms with Gasteiger partial charge in [0, 0.05) is 12.3 Å². The normalized spacial score (nSPS) is 39.0. The van der Waals surface area contributed by atoms with E-state index in [2.05, 4.69) is 25.6 Å². The van der Waals surface area contributed by atoms with Crippen molar-refractivity contribution in [3.8, 4) is 5.75 Å². The lowest BCUT2D eigenvalue weighted by Crippen LogP contribution is -2.51. The Labute approximate surface area is 150 Å². The number of phenols is 1. The van der Waals surface area contributed by atoms with Crippen LogP contribution in [-0.2, 0) is 16.0 Å². The van der Waals surface area contributed by atoms with Crippen molar-refractivity contribution >= 4 is 5.97 Å². The average Bonchev–Trinajstić information content (AvgIpc) is 2.91. The van der Waals surface area contributed by atoms with Gasteiger partial charge < -0.3 is 9.84 Å². The molecular formula is C22H28O3. The van der Waals surface area contributed by atoms with E-state index in [1.165, 1.54) is 18.1 Å². The minimum atomic E-state index is -0.161. The number of carbonyl (C=O) groups is 1. The van der Waals surface area contributed by atoms with Crippen molar-refractivity contribution in [1.82, 2.24) is 0 Å². The zero-order valence-corrected chi connectivity index (χ0v) is 15.3. The SMILES string of the molecule is C=C[C@@]12CCc3cc(O)ccc3C1CC[C@@]1(C)C2CC[C@@H]1OC(C)=O. The number of ether oxygens (including phenoxy) is 1. The second kappa shape index (κ2) is 5.62. The van der Waals surface area contributed by atoms with Gasteiger partial charge in [-0.15, -0.1) is 6.58 Å². The first-order valence-electron chi connectivity index (χ1n) is 9.53. The number of aryl methyl sites for hydroxylation is 1. The second-order valence-electron chi connectivity index (χ2n) is 8.52. The molecule has 0 aromatic heterocycles. The Hall–Kier alpha value is -1.77. The van der Waals surface area contributed by atoms with Crippen molar-refractivity contribution < 1.29 is 14.6 Å². The minimum absolute atomic E-state index is 0.0361. The summed E-state index contributed by atoms with van der Waals surface area (Å²) in [5, 5.41) is 9.85. The molecule has 0 heterocycles. The van der Waals surface area contributed by atoms with Crippen LogP contribution in [0.1, 0.15) is 63.0 Å². The summed E-state index contributed by atoms with van der Waals surface area (Å²) in [5.74, 6) is 1.17. The van der Waals surface area contributed by atoms with Crippen LogP contribution in [0.5, 0.6) is 5.75 Å². The molecule has 1 aromatic carbocycles. The molecule has 134 valence electrons. The van der Waals surface area contributed by atoms with Crippen LogP contribution in [0.25, 0.3) is 0 Å². The number of carbonyl (C=O) groups excluding carboxylic acids is 1. The Balaban J connectivity index is 1.75. The van der Waals surface area contributed by atoms with Crippen LogP contribution in [0.3, 0.4) is 0 Å². The smallest absolute Gasteiger partial charge is 0.302 e. The molecule has 3 aliphatic rings. The molecule has 2 fully saturated rings. The highest BCUT2D eigenvalue weighted by Gasteiger charge is 2.61. The number of hydrogen-bond donors (Lipinski definition) is 1. The standard InChI is InChI=1S/C22H28O3/c1-4-22-12-9-15-13-16(24)5-6-17(15)18(22)10-11-21(3)19(22)7-8-20(21)25-14(2)23/h4-6,13,18-20,24H,1,7-12H2,2-3H3/t18?,19?,20-,21-,22+/m0/s1. The number of aromatic hydroxyl groups is 1. The molecule has 1 aromatic rings. The van der Waals surface area contributed by atoms with Gasteiger partial charge in [0.1, 0.15) is 11.9 Å². The summed E-state index contributed by atoms with van der Waals surface area (Å²) in [6.07, 6.45) is 8.54. The molecule has 0 spiro atoms. The van der Waals surface area contributed by atoms with E-state index in [-0.39, 0.29) is 22.9 Å². The van der Waals surface area contributed by atoms with Crippen LogP contribution in [0.2, 0.25) is 0 Å². The lowest BCUT2D eigenvalue weighted by molar-refractivity contribution is -0.156. The fraction of sp³-hybridized carbons (Fsp3) is 0.591. The third kappa shape index (κ3) is 2.28. The highest BCUT2D eigenvalue weighted by atomic mass is 16.5. The number of phenolic OH excluding ortho intramolecular Hbond substituents is 1. The van der Waals surface area contributed by atoms with Crippen LogP contribution in [0, 0.1) is 16.7 Å². The summed E-state index contributed by atoms with van der Waals surface area (Å²) in [6, 6.07) is 5.88. The van der Waals surface area contributed by atoms with Crippen LogP contribution >= 0.6 is 0 Å². The summed E-state index contributed by atoms with van der Waals surface area (Å²) in [5.41, 5.74) is 2.80. The number of allylic oxidation sites excluding steroid dienone is 1. The summed E-state index contributed by atoms with van der Waals surface area (Å²) >= 11 is 0. The van der Waals surface area contributed by atoms with Gasteiger partial charge in [-0.3, -0.25) is 4.79 Å². The maximum absolute atomic E-state index is 11.6. The predicted molar refractivity (Wildman–Crippen MR) is 97.4 cm³/mol. The van der Waals surface area contributed by atoms with Crippen molar-refractivity contribution in [3.63, 3.8) is 0 Å². The molecule has 0 radical (unpaired) electrons. The number of rotatable bonds is 2. The van der Waals surface area contributed by atoms with E-state index in [0.717, 1.165) is 38.5 Å². The molecule has 2 saturated carbocycles. The lowest BCUT2D eigenvalue weighted by atomic mass is 9.47. The molecule has 3 heteroatoms. The molecule has 0 bridgehead atoms. The third-order valence-electron chi connectivity index (χ3n) is 7.54. The largest absolute Gasteiger partial charge is 0.508 e. The number of hydrogen-bond acceptors (Lipinski definition) is 3. The maximum Gasteiger partial charge on any atom is 0.302 e. The predicted octanol–water partition coefficient (Wildman–Crippen LogP) is 4.74. The van der Waals surface area contributed by atoms with Gasteiger partial charge in [-0.25, -0.2) is 0 Å². The van der Waals surface area contributed by atoms with Crippen LogP contribution in [-0.4, -0.2) is 17.2 Å². The van der Waals surface area contributed by atoms with Gasteiger partial charge in [-0.05, 0) is 79.0 Å². The quantitative estimate of drug-likeness (QED) is 0.625. The van der Waals surface area contributed by atoms with Crippen LogP contribution in [0.4, 0.5) is 0 Å². The topological polar surface area (TPSA) is 46.5 Å². The van der Waals surface area contributed by atoms with E-state index >= 15 is 0 Å². The molecule has 25 heavy (non-hydrogen) atoms. The number of fused-ring (bicyclic) bond motifs is 5. The average molecular weight is 340 g/mol. The van der Waals surface area contributed by atoms with E-state index in [4.69, 9.17) is 4.74 Å². The Morgan fingerprint density at radius 2 is 2.12 bits per heavy atom. The Kier molecular flexibility index (Phi) is 3.75. The number of benzene rings is 1. The Morgan fingerprint density at radius 3 is 2.84 bits per heavy atom. The minimum Gasteiger partial charge on any atom is -0.508 e. The molecule has 4 rings (SSSR count). The van der Waals surface area contributed by atoms with Gasteiger partial charge >= 0.3 is 5.97 Å². The summed E-state index contributed by atoms with van der Waals surface area (Å²) in [6.45, 7) is 8.12. The molecule has 1 N–H and O–H groups in total. The fourth-order valence-corrected chi connectivity index (χ4v) is 6.46. The molecule has 5 atom stereocenters. The molecule has 2 unspecified atom stereocenters. The molecule has 3 nitrogen and oxygen atoms in total. The molecular weight excluding hydrogens is 312 g/mol. The first-order chi connectivity index (χ1) is 11.9. The molecule has 0 saturated heterocycles. The van der Waals surface area contributed by atoms with Crippen molar-refractivity contribution in [3.05, 3.63) is 42.0 Å². The summed E-state index contributed by atoms with van der Waals surface area (Å²) in [7, 11) is 0. The molecule has 3 aliphatic carbocycles. The molecule has 0 amide bonds.